The van der Waals surface area contributed by atoms with E-state index in [2.05, 4.69) is 15.9 Å². The number of carboxylic acids is 1. The van der Waals surface area contributed by atoms with Gasteiger partial charge in [-0.2, -0.15) is 0 Å². The molecule has 1 aromatic carbocycles. The lowest BCUT2D eigenvalue weighted by molar-refractivity contribution is 0.0701. The van der Waals surface area contributed by atoms with Gasteiger partial charge in [-0.1, -0.05) is 22.0 Å². The lowest BCUT2D eigenvalue weighted by Crippen LogP contribution is -1.93. The zero-order chi connectivity index (χ0) is 10.3. The average molecular weight is 271 g/mol. The third-order valence-corrected chi connectivity index (χ3v) is 4.00. The van der Waals surface area contributed by atoms with Crippen LogP contribution >= 0.6 is 27.3 Å². The Hall–Kier alpha value is -0.870. The third kappa shape index (κ3) is 1.35. The van der Waals surface area contributed by atoms with Gasteiger partial charge in [-0.15, -0.1) is 11.3 Å². The lowest BCUT2D eigenvalue weighted by atomic mass is 10.1. The summed E-state index contributed by atoms with van der Waals surface area (Å²) in [7, 11) is 0. The minimum absolute atomic E-state index is 0.423. The van der Waals surface area contributed by atoms with Gasteiger partial charge in [0, 0.05) is 14.6 Å². The van der Waals surface area contributed by atoms with E-state index in [1.807, 2.05) is 25.1 Å². The van der Waals surface area contributed by atoms with Crippen LogP contribution in [0.1, 0.15) is 15.2 Å². The zero-order valence-corrected chi connectivity index (χ0v) is 9.78. The molecule has 72 valence electrons. The summed E-state index contributed by atoms with van der Waals surface area (Å²) in [4.78, 5) is 11.3. The van der Waals surface area contributed by atoms with Crippen molar-refractivity contribution in [1.29, 1.82) is 0 Å². The van der Waals surface area contributed by atoms with E-state index in [-0.39, 0.29) is 0 Å². The summed E-state index contributed by atoms with van der Waals surface area (Å²) >= 11 is 4.74. The highest BCUT2D eigenvalue weighted by atomic mass is 79.9. The second-order valence-electron chi connectivity index (χ2n) is 2.97. The van der Waals surface area contributed by atoms with Crippen LogP contribution in [0.3, 0.4) is 0 Å². The highest BCUT2D eigenvalue weighted by molar-refractivity contribution is 9.10. The van der Waals surface area contributed by atoms with Crippen LogP contribution in [0.2, 0.25) is 0 Å². The van der Waals surface area contributed by atoms with E-state index in [0.29, 0.717) is 4.88 Å². The van der Waals surface area contributed by atoms with Gasteiger partial charge in [0.2, 0.25) is 0 Å². The summed E-state index contributed by atoms with van der Waals surface area (Å²) in [5.74, 6) is -0.851. The summed E-state index contributed by atoms with van der Waals surface area (Å²) in [5.41, 5.74) is 0.838. The van der Waals surface area contributed by atoms with Crippen LogP contribution in [0.25, 0.3) is 10.1 Å². The Labute approximate surface area is 93.3 Å². The first-order valence-electron chi connectivity index (χ1n) is 4.02. The number of rotatable bonds is 1. The van der Waals surface area contributed by atoms with Gasteiger partial charge < -0.3 is 5.11 Å². The van der Waals surface area contributed by atoms with Crippen molar-refractivity contribution in [3.05, 3.63) is 33.1 Å². The van der Waals surface area contributed by atoms with Gasteiger partial charge in [0.1, 0.15) is 4.88 Å². The summed E-state index contributed by atoms with van der Waals surface area (Å²) in [6, 6.07) is 5.77. The van der Waals surface area contributed by atoms with Crippen molar-refractivity contribution in [2.75, 3.05) is 0 Å². The molecule has 0 atom stereocenters. The number of aromatic carboxylic acids is 1. The van der Waals surface area contributed by atoms with Gasteiger partial charge >= 0.3 is 5.97 Å². The molecule has 0 amide bonds. The first-order chi connectivity index (χ1) is 6.61. The zero-order valence-electron chi connectivity index (χ0n) is 7.37. The molecule has 0 radical (unpaired) electrons. The second-order valence-corrected chi connectivity index (χ2v) is 4.88. The molecule has 0 fully saturated rings. The SMILES string of the molecule is Cc1c(C(=O)O)sc2cccc(Br)c12. The van der Waals surface area contributed by atoms with Crippen molar-refractivity contribution in [3.63, 3.8) is 0 Å². The number of carboxylic acid groups (broad SMARTS) is 1. The number of aryl methyl sites for hydroxylation is 1. The van der Waals surface area contributed by atoms with E-state index in [9.17, 15) is 4.79 Å². The fourth-order valence-electron chi connectivity index (χ4n) is 1.46. The van der Waals surface area contributed by atoms with E-state index in [1.54, 1.807) is 0 Å². The predicted octanol–water partition coefficient (Wildman–Crippen LogP) is 3.67. The first kappa shape index (κ1) is 9.68. The maximum absolute atomic E-state index is 10.9. The molecule has 0 aliphatic heterocycles. The normalized spacial score (nSPS) is 10.7. The van der Waals surface area contributed by atoms with Crippen molar-refractivity contribution >= 4 is 43.3 Å². The highest BCUT2D eigenvalue weighted by Crippen LogP contribution is 2.35. The molecular formula is C10H7BrO2S. The van der Waals surface area contributed by atoms with Crippen LogP contribution in [0.4, 0.5) is 0 Å². The number of halogens is 1. The molecule has 0 aliphatic carbocycles. The molecule has 0 spiro atoms. The van der Waals surface area contributed by atoms with E-state index >= 15 is 0 Å². The Balaban J connectivity index is 2.87. The van der Waals surface area contributed by atoms with Gasteiger partial charge in [-0.25, -0.2) is 4.79 Å². The molecule has 0 saturated heterocycles. The second kappa shape index (κ2) is 3.37. The van der Waals surface area contributed by atoms with Crippen LogP contribution in [0.15, 0.2) is 22.7 Å². The monoisotopic (exact) mass is 270 g/mol. The van der Waals surface area contributed by atoms with Crippen LogP contribution in [-0.2, 0) is 0 Å². The molecule has 4 heteroatoms. The predicted molar refractivity (Wildman–Crippen MR) is 61.2 cm³/mol. The minimum atomic E-state index is -0.851. The highest BCUT2D eigenvalue weighted by Gasteiger charge is 2.15. The molecule has 1 N–H and O–H groups in total. The molecule has 0 unspecified atom stereocenters. The number of hydrogen-bond donors (Lipinski definition) is 1. The molecule has 2 rings (SSSR count). The molecule has 0 saturated carbocycles. The molecule has 1 aromatic heterocycles. The van der Waals surface area contributed by atoms with Gasteiger partial charge in [0.25, 0.3) is 0 Å². The minimum Gasteiger partial charge on any atom is -0.477 e. The van der Waals surface area contributed by atoms with Crippen LogP contribution in [0, 0.1) is 6.92 Å². The quantitative estimate of drug-likeness (QED) is 0.859. The summed E-state index contributed by atoms with van der Waals surface area (Å²) in [5, 5.41) is 9.96. The summed E-state index contributed by atoms with van der Waals surface area (Å²) in [6.45, 7) is 1.84. The van der Waals surface area contributed by atoms with Crippen molar-refractivity contribution in [1.82, 2.24) is 0 Å². The van der Waals surface area contributed by atoms with Gasteiger partial charge in [-0.05, 0) is 24.6 Å². The fraction of sp³-hybridized carbons (Fsp3) is 0.100. The van der Waals surface area contributed by atoms with E-state index in [4.69, 9.17) is 5.11 Å². The standard InChI is InChI=1S/C10H7BrO2S/c1-5-8-6(11)3-2-4-7(8)14-9(5)10(12)13/h2-4H,1H3,(H,12,13). The Morgan fingerprint density at radius 2 is 2.21 bits per heavy atom. The van der Waals surface area contributed by atoms with Crippen LogP contribution < -0.4 is 0 Å². The summed E-state index contributed by atoms with van der Waals surface area (Å²) in [6.07, 6.45) is 0. The molecule has 14 heavy (non-hydrogen) atoms. The Morgan fingerprint density at radius 1 is 1.50 bits per heavy atom. The van der Waals surface area contributed by atoms with Crippen molar-refractivity contribution in [2.45, 2.75) is 6.92 Å². The maximum Gasteiger partial charge on any atom is 0.346 e. The molecule has 2 aromatic rings. The maximum atomic E-state index is 10.9. The largest absolute Gasteiger partial charge is 0.477 e. The topological polar surface area (TPSA) is 37.3 Å². The number of benzene rings is 1. The van der Waals surface area contributed by atoms with Gasteiger partial charge in [0.05, 0.1) is 0 Å². The van der Waals surface area contributed by atoms with E-state index in [1.165, 1.54) is 11.3 Å². The van der Waals surface area contributed by atoms with Crippen LogP contribution in [0.5, 0.6) is 0 Å². The van der Waals surface area contributed by atoms with E-state index < -0.39 is 5.97 Å². The fourth-order valence-corrected chi connectivity index (χ4v) is 3.33. The smallest absolute Gasteiger partial charge is 0.346 e. The summed E-state index contributed by atoms with van der Waals surface area (Å²) < 4.78 is 1.96. The third-order valence-electron chi connectivity index (χ3n) is 2.10. The average Bonchev–Trinajstić information content (AvgIpc) is 2.45. The molecule has 0 aliphatic rings. The molecule has 2 nitrogen and oxygen atoms in total. The molecule has 0 bridgehead atoms. The number of thiophene rings is 1. The van der Waals surface area contributed by atoms with Crippen LogP contribution in [-0.4, -0.2) is 11.1 Å². The first-order valence-corrected chi connectivity index (χ1v) is 5.63. The Morgan fingerprint density at radius 3 is 2.79 bits per heavy atom. The number of fused-ring (bicyclic) bond motifs is 1. The number of carbonyl (C=O) groups is 1. The van der Waals surface area contributed by atoms with Gasteiger partial charge in [-0.3, -0.25) is 0 Å². The van der Waals surface area contributed by atoms with Gasteiger partial charge in [0.15, 0.2) is 0 Å². The van der Waals surface area contributed by atoms with Crippen molar-refractivity contribution in [3.8, 4) is 0 Å². The van der Waals surface area contributed by atoms with E-state index in [0.717, 1.165) is 20.1 Å². The lowest BCUT2D eigenvalue weighted by Gasteiger charge is -1.94. The molecular weight excluding hydrogens is 264 g/mol. The number of hydrogen-bond acceptors (Lipinski definition) is 2. The van der Waals surface area contributed by atoms with Crippen molar-refractivity contribution in [2.24, 2.45) is 0 Å². The Kier molecular flexibility index (Phi) is 2.33. The molecule has 1 heterocycles. The van der Waals surface area contributed by atoms with Crippen molar-refractivity contribution < 1.29 is 9.90 Å². The Bertz CT molecular complexity index is 516.